The predicted molar refractivity (Wildman–Crippen MR) is 63.7 cm³/mol. The molecule has 1 rings (SSSR count). The summed E-state index contributed by atoms with van der Waals surface area (Å²) in [5.74, 6) is 1.11. The van der Waals surface area contributed by atoms with E-state index < -0.39 is 0 Å². The summed E-state index contributed by atoms with van der Waals surface area (Å²) in [6, 6.07) is 0. The largest absolute Gasteiger partial charge is 0.337 e. The van der Waals surface area contributed by atoms with Gasteiger partial charge in [-0.15, -0.1) is 0 Å². The van der Waals surface area contributed by atoms with Crippen molar-refractivity contribution in [2.45, 2.75) is 45.6 Å². The number of nitrogens with zero attached hydrogens (tertiary/aromatic N) is 2. The smallest absolute Gasteiger partial charge is 0.122 e. The molecule has 0 fully saturated rings. The van der Waals surface area contributed by atoms with Crippen LogP contribution in [0.5, 0.6) is 0 Å². The Morgan fingerprint density at radius 1 is 1.27 bits per heavy atom. The molecule has 15 heavy (non-hydrogen) atoms. The molecule has 0 amide bonds. The summed E-state index contributed by atoms with van der Waals surface area (Å²) in [4.78, 5) is 4.26. The number of unbranched alkanes of at least 4 members (excludes halogenated alkanes) is 4. The molecule has 0 saturated carbocycles. The first-order chi connectivity index (χ1) is 7.34. The first kappa shape index (κ1) is 12.2. The zero-order valence-corrected chi connectivity index (χ0v) is 10.00. The van der Waals surface area contributed by atoms with Gasteiger partial charge in [0.25, 0.3) is 0 Å². The second kappa shape index (κ2) is 7.46. The fraction of sp³-hybridized carbons (Fsp3) is 0.750. The van der Waals surface area contributed by atoms with Crippen molar-refractivity contribution in [1.82, 2.24) is 14.9 Å². The highest BCUT2D eigenvalue weighted by Crippen LogP contribution is 2.01. The maximum absolute atomic E-state index is 4.26. The zero-order valence-electron chi connectivity index (χ0n) is 10.00. The third-order valence-electron chi connectivity index (χ3n) is 2.66. The normalized spacial score (nSPS) is 10.8. The molecule has 0 aromatic carbocycles. The van der Waals surface area contributed by atoms with Crippen LogP contribution < -0.4 is 5.32 Å². The van der Waals surface area contributed by atoms with Crippen LogP contribution in [-0.4, -0.2) is 16.1 Å². The zero-order chi connectivity index (χ0) is 10.9. The lowest BCUT2D eigenvalue weighted by Gasteiger charge is -2.04. The van der Waals surface area contributed by atoms with Crippen molar-refractivity contribution in [3.63, 3.8) is 0 Å². The maximum atomic E-state index is 4.26. The Bertz CT molecular complexity index is 255. The Morgan fingerprint density at radius 3 is 2.73 bits per heavy atom. The quantitative estimate of drug-likeness (QED) is 0.667. The number of nitrogens with one attached hydrogen (secondary N) is 1. The molecule has 0 spiro atoms. The standard InChI is InChI=1S/C12H23N3/c1-3-4-5-6-7-8-13-11-12-14-9-10-15(12)2/h9-10,13H,3-8,11H2,1-2H3. The summed E-state index contributed by atoms with van der Waals surface area (Å²) in [5.41, 5.74) is 0. The monoisotopic (exact) mass is 209 g/mol. The summed E-state index contributed by atoms with van der Waals surface area (Å²) in [6.07, 6.45) is 10.5. The van der Waals surface area contributed by atoms with Gasteiger partial charge in [-0.3, -0.25) is 0 Å². The summed E-state index contributed by atoms with van der Waals surface area (Å²) >= 11 is 0. The van der Waals surface area contributed by atoms with E-state index in [4.69, 9.17) is 0 Å². The van der Waals surface area contributed by atoms with Crippen molar-refractivity contribution >= 4 is 0 Å². The lowest BCUT2D eigenvalue weighted by atomic mass is 10.1. The number of aromatic nitrogens is 2. The van der Waals surface area contributed by atoms with Crippen molar-refractivity contribution in [2.24, 2.45) is 7.05 Å². The molecular weight excluding hydrogens is 186 g/mol. The van der Waals surface area contributed by atoms with Crippen LogP contribution in [0.25, 0.3) is 0 Å². The van der Waals surface area contributed by atoms with Gasteiger partial charge in [0, 0.05) is 19.4 Å². The van der Waals surface area contributed by atoms with Crippen LogP contribution in [0.3, 0.4) is 0 Å². The molecule has 0 saturated heterocycles. The van der Waals surface area contributed by atoms with Crippen LogP contribution in [0.15, 0.2) is 12.4 Å². The van der Waals surface area contributed by atoms with Crippen LogP contribution in [0.2, 0.25) is 0 Å². The Hall–Kier alpha value is -0.830. The molecule has 3 heteroatoms. The molecule has 0 radical (unpaired) electrons. The van der Waals surface area contributed by atoms with Crippen molar-refractivity contribution in [2.75, 3.05) is 6.54 Å². The number of hydrogen-bond donors (Lipinski definition) is 1. The fourth-order valence-electron chi connectivity index (χ4n) is 1.62. The topological polar surface area (TPSA) is 29.9 Å². The predicted octanol–water partition coefficient (Wildman–Crippen LogP) is 2.48. The van der Waals surface area contributed by atoms with Gasteiger partial charge in [0.05, 0.1) is 6.54 Å². The van der Waals surface area contributed by atoms with E-state index in [0.29, 0.717) is 0 Å². The van der Waals surface area contributed by atoms with Crippen molar-refractivity contribution < 1.29 is 0 Å². The minimum atomic E-state index is 0.886. The van der Waals surface area contributed by atoms with Crippen molar-refractivity contribution in [3.8, 4) is 0 Å². The number of hydrogen-bond acceptors (Lipinski definition) is 2. The van der Waals surface area contributed by atoms with E-state index in [1.54, 1.807) is 0 Å². The van der Waals surface area contributed by atoms with E-state index in [2.05, 4.69) is 21.8 Å². The Balaban J connectivity index is 1.96. The van der Waals surface area contributed by atoms with Gasteiger partial charge in [0.2, 0.25) is 0 Å². The highest BCUT2D eigenvalue weighted by Gasteiger charge is 1.97. The van der Waals surface area contributed by atoms with E-state index in [-0.39, 0.29) is 0 Å². The summed E-state index contributed by atoms with van der Waals surface area (Å²) in [7, 11) is 2.03. The lowest BCUT2D eigenvalue weighted by Crippen LogP contribution is -2.17. The Labute approximate surface area is 92.9 Å². The molecule has 86 valence electrons. The molecule has 1 aromatic heterocycles. The average Bonchev–Trinajstić information content (AvgIpc) is 2.63. The molecule has 1 N–H and O–H groups in total. The van der Waals surface area contributed by atoms with Crippen molar-refractivity contribution in [1.29, 1.82) is 0 Å². The van der Waals surface area contributed by atoms with Gasteiger partial charge in [-0.1, -0.05) is 32.6 Å². The third-order valence-corrected chi connectivity index (χ3v) is 2.66. The molecule has 0 aliphatic rings. The van der Waals surface area contributed by atoms with Crippen LogP contribution >= 0.6 is 0 Å². The van der Waals surface area contributed by atoms with Crippen LogP contribution in [0.1, 0.15) is 44.9 Å². The van der Waals surface area contributed by atoms with Gasteiger partial charge in [0.15, 0.2) is 0 Å². The van der Waals surface area contributed by atoms with Gasteiger partial charge >= 0.3 is 0 Å². The first-order valence-electron chi connectivity index (χ1n) is 6.01. The number of rotatable bonds is 8. The molecule has 0 bridgehead atoms. The van der Waals surface area contributed by atoms with E-state index in [1.807, 2.05) is 19.4 Å². The minimum Gasteiger partial charge on any atom is -0.337 e. The van der Waals surface area contributed by atoms with Gasteiger partial charge in [-0.05, 0) is 13.0 Å². The van der Waals surface area contributed by atoms with E-state index in [9.17, 15) is 0 Å². The van der Waals surface area contributed by atoms with Crippen LogP contribution in [0.4, 0.5) is 0 Å². The molecule has 3 nitrogen and oxygen atoms in total. The summed E-state index contributed by atoms with van der Waals surface area (Å²) < 4.78 is 2.06. The van der Waals surface area contributed by atoms with Gasteiger partial charge in [-0.25, -0.2) is 4.98 Å². The van der Waals surface area contributed by atoms with Crippen LogP contribution in [-0.2, 0) is 13.6 Å². The molecule has 1 heterocycles. The molecule has 0 aliphatic carbocycles. The highest BCUT2D eigenvalue weighted by atomic mass is 15.1. The van der Waals surface area contributed by atoms with E-state index in [1.165, 1.54) is 32.1 Å². The molecule has 1 aromatic rings. The lowest BCUT2D eigenvalue weighted by molar-refractivity contribution is 0.569. The van der Waals surface area contributed by atoms with Crippen molar-refractivity contribution in [3.05, 3.63) is 18.2 Å². The second-order valence-electron chi connectivity index (χ2n) is 4.05. The number of aryl methyl sites for hydroxylation is 1. The maximum Gasteiger partial charge on any atom is 0.122 e. The second-order valence-corrected chi connectivity index (χ2v) is 4.05. The van der Waals surface area contributed by atoms with E-state index in [0.717, 1.165) is 18.9 Å². The average molecular weight is 209 g/mol. The third kappa shape index (κ3) is 4.98. The first-order valence-corrected chi connectivity index (χ1v) is 6.01. The van der Waals surface area contributed by atoms with Gasteiger partial charge in [-0.2, -0.15) is 0 Å². The summed E-state index contributed by atoms with van der Waals surface area (Å²) in [5, 5.41) is 3.42. The molecule has 0 aliphatic heterocycles. The molecular formula is C12H23N3. The van der Waals surface area contributed by atoms with Crippen LogP contribution in [0, 0.1) is 0 Å². The summed E-state index contributed by atoms with van der Waals surface area (Å²) in [6.45, 7) is 4.24. The van der Waals surface area contributed by atoms with E-state index >= 15 is 0 Å². The number of imidazole rings is 1. The van der Waals surface area contributed by atoms with Gasteiger partial charge in [0.1, 0.15) is 5.82 Å². The fourth-order valence-corrected chi connectivity index (χ4v) is 1.62. The van der Waals surface area contributed by atoms with Gasteiger partial charge < -0.3 is 9.88 Å². The molecule has 0 atom stereocenters. The molecule has 0 unspecified atom stereocenters. The SMILES string of the molecule is CCCCCCCNCc1nccn1C. The highest BCUT2D eigenvalue weighted by molar-refractivity contribution is 4.90. The Morgan fingerprint density at radius 2 is 2.07 bits per heavy atom. The minimum absolute atomic E-state index is 0.886. The Kier molecular flexibility index (Phi) is 6.09.